The number of benzene rings is 2. The van der Waals surface area contributed by atoms with Crippen molar-refractivity contribution in [1.29, 1.82) is 0 Å². The molecule has 0 radical (unpaired) electrons. The molecule has 4 rings (SSSR count). The minimum atomic E-state index is -0.920. The number of nitrogens with one attached hydrogen (secondary N) is 1. The minimum absolute atomic E-state index is 0.331. The van der Waals surface area contributed by atoms with Crippen molar-refractivity contribution >= 4 is 56.7 Å². The maximum absolute atomic E-state index is 12.7. The lowest BCUT2D eigenvalue weighted by Gasteiger charge is -2.21. The summed E-state index contributed by atoms with van der Waals surface area (Å²) in [6.45, 7) is 1.55. The molecule has 1 N–H and O–H groups in total. The Morgan fingerprint density at radius 3 is 2.44 bits per heavy atom. The maximum Gasteiger partial charge on any atom is 0.262 e. The Labute approximate surface area is 163 Å². The van der Waals surface area contributed by atoms with Crippen molar-refractivity contribution in [2.24, 2.45) is 0 Å². The van der Waals surface area contributed by atoms with Crippen LogP contribution in [0.1, 0.15) is 27.6 Å². The second kappa shape index (κ2) is 6.79. The van der Waals surface area contributed by atoms with E-state index in [-0.39, 0.29) is 0 Å². The zero-order chi connectivity index (χ0) is 19.1. The van der Waals surface area contributed by atoms with Gasteiger partial charge in [-0.15, -0.1) is 11.3 Å². The van der Waals surface area contributed by atoms with Gasteiger partial charge in [-0.05, 0) is 43.5 Å². The number of hydrogen-bond acceptors (Lipinski definition) is 6. The molecule has 0 aliphatic carbocycles. The largest absolute Gasteiger partial charge is 0.324 e. The Hall–Kier alpha value is -2.71. The Bertz CT molecular complexity index is 1060. The molecule has 1 aliphatic heterocycles. The second-order valence-electron chi connectivity index (χ2n) is 6.06. The molecule has 0 saturated heterocycles. The van der Waals surface area contributed by atoms with Crippen LogP contribution in [0.3, 0.4) is 0 Å². The number of hydrogen-bond donors (Lipinski definition) is 1. The first-order valence-corrected chi connectivity index (χ1v) is 10.3. The molecule has 1 aromatic heterocycles. The van der Waals surface area contributed by atoms with E-state index in [2.05, 4.69) is 10.3 Å². The molecule has 8 heteroatoms. The smallest absolute Gasteiger partial charge is 0.262 e. The summed E-state index contributed by atoms with van der Waals surface area (Å²) in [6.07, 6.45) is 1.96. The maximum atomic E-state index is 12.7. The summed E-state index contributed by atoms with van der Waals surface area (Å²) in [5.41, 5.74) is 2.14. The monoisotopic (exact) mass is 397 g/mol. The highest BCUT2D eigenvalue weighted by Gasteiger charge is 2.40. The summed E-state index contributed by atoms with van der Waals surface area (Å²) in [5, 5.41) is 2.79. The molecule has 3 amide bonds. The highest BCUT2D eigenvalue weighted by molar-refractivity contribution is 8.00. The van der Waals surface area contributed by atoms with E-state index in [4.69, 9.17) is 0 Å². The van der Waals surface area contributed by atoms with E-state index in [0.717, 1.165) is 19.5 Å². The Balaban J connectivity index is 1.55. The molecule has 0 unspecified atom stereocenters. The second-order valence-corrected chi connectivity index (χ2v) is 8.14. The van der Waals surface area contributed by atoms with Gasteiger partial charge in [0, 0.05) is 5.69 Å². The van der Waals surface area contributed by atoms with Crippen LogP contribution in [-0.4, -0.2) is 39.9 Å². The predicted octanol–water partition coefficient (Wildman–Crippen LogP) is 3.64. The number of carbonyl (C=O) groups is 3. The number of anilines is 1. The zero-order valence-electron chi connectivity index (χ0n) is 14.6. The van der Waals surface area contributed by atoms with Crippen LogP contribution in [0.15, 0.2) is 46.8 Å². The molecular weight excluding hydrogens is 382 g/mol. The molecule has 2 heterocycles. The van der Waals surface area contributed by atoms with Crippen LogP contribution < -0.4 is 5.32 Å². The van der Waals surface area contributed by atoms with Crippen molar-refractivity contribution in [3.05, 3.63) is 53.6 Å². The van der Waals surface area contributed by atoms with E-state index >= 15 is 0 Å². The molecule has 2 aromatic carbocycles. The summed E-state index contributed by atoms with van der Waals surface area (Å²) < 4.78 is 1.92. The van der Waals surface area contributed by atoms with Crippen LogP contribution >= 0.6 is 23.1 Å². The molecule has 1 atom stereocenters. The quantitative estimate of drug-likeness (QED) is 0.537. The van der Waals surface area contributed by atoms with Gasteiger partial charge in [-0.25, -0.2) is 4.98 Å². The molecule has 0 saturated carbocycles. The summed E-state index contributed by atoms with van der Waals surface area (Å²) >= 11 is 3.12. The van der Waals surface area contributed by atoms with E-state index in [9.17, 15) is 14.4 Å². The standard InChI is InChI=1S/C19H15N3O3S2/c1-10(22-17(24)12-5-3-4-6-13(12)18(22)25)16(23)20-11-7-8-14-15(9-11)27-19(21-14)26-2/h3-10H,1-2H3,(H,20,23)/t10-/m1/s1. The summed E-state index contributed by atoms with van der Waals surface area (Å²) in [7, 11) is 0. The number of imide groups is 1. The number of rotatable bonds is 4. The molecule has 6 nitrogen and oxygen atoms in total. The van der Waals surface area contributed by atoms with Crippen molar-refractivity contribution < 1.29 is 14.4 Å². The lowest BCUT2D eigenvalue weighted by atomic mass is 10.1. The van der Waals surface area contributed by atoms with E-state index in [1.807, 2.05) is 18.4 Å². The number of carbonyl (C=O) groups excluding carboxylic acids is 3. The van der Waals surface area contributed by atoms with Gasteiger partial charge in [-0.1, -0.05) is 23.9 Å². The molecule has 0 fully saturated rings. The van der Waals surface area contributed by atoms with Gasteiger partial charge in [0.25, 0.3) is 11.8 Å². The van der Waals surface area contributed by atoms with Gasteiger partial charge >= 0.3 is 0 Å². The van der Waals surface area contributed by atoms with Crippen molar-refractivity contribution in [2.45, 2.75) is 17.3 Å². The zero-order valence-corrected chi connectivity index (χ0v) is 16.2. The number of thioether (sulfide) groups is 1. The van der Waals surface area contributed by atoms with Gasteiger partial charge in [0.05, 0.1) is 21.3 Å². The Morgan fingerprint density at radius 2 is 1.81 bits per heavy atom. The lowest BCUT2D eigenvalue weighted by molar-refractivity contribution is -0.119. The summed E-state index contributed by atoms with van der Waals surface area (Å²) in [6, 6.07) is 11.1. The minimum Gasteiger partial charge on any atom is -0.324 e. The fraction of sp³-hybridized carbons (Fsp3) is 0.158. The normalized spacial score (nSPS) is 14.5. The van der Waals surface area contributed by atoms with Gasteiger partial charge in [0.15, 0.2) is 4.34 Å². The highest BCUT2D eigenvalue weighted by Crippen LogP contribution is 2.30. The SMILES string of the molecule is CSc1nc2ccc(NC(=O)[C@@H](C)N3C(=O)c4ccccc4C3=O)cc2s1. The molecule has 0 bridgehead atoms. The third kappa shape index (κ3) is 3.00. The van der Waals surface area contributed by atoms with E-state index in [1.165, 1.54) is 0 Å². The molecule has 136 valence electrons. The lowest BCUT2D eigenvalue weighted by Crippen LogP contribution is -2.45. The van der Waals surface area contributed by atoms with Gasteiger partial charge in [-0.3, -0.25) is 19.3 Å². The van der Waals surface area contributed by atoms with Crippen LogP contribution in [0.25, 0.3) is 10.2 Å². The average Bonchev–Trinajstić information content (AvgIpc) is 3.20. The number of fused-ring (bicyclic) bond motifs is 2. The van der Waals surface area contributed by atoms with E-state index in [0.29, 0.717) is 16.8 Å². The first-order valence-electron chi connectivity index (χ1n) is 8.22. The van der Waals surface area contributed by atoms with Crippen molar-refractivity contribution in [2.75, 3.05) is 11.6 Å². The molecular formula is C19H15N3O3S2. The van der Waals surface area contributed by atoms with Gasteiger partial charge in [-0.2, -0.15) is 0 Å². The average molecular weight is 397 g/mol. The third-order valence-corrected chi connectivity index (χ3v) is 6.41. The van der Waals surface area contributed by atoms with E-state index < -0.39 is 23.8 Å². The van der Waals surface area contributed by atoms with Gasteiger partial charge < -0.3 is 5.32 Å². The predicted molar refractivity (Wildman–Crippen MR) is 106 cm³/mol. The first-order chi connectivity index (χ1) is 13.0. The van der Waals surface area contributed by atoms with Crippen molar-refractivity contribution in [3.8, 4) is 0 Å². The Kier molecular flexibility index (Phi) is 4.45. The topological polar surface area (TPSA) is 79.4 Å². The van der Waals surface area contributed by atoms with Crippen LogP contribution in [0.5, 0.6) is 0 Å². The van der Waals surface area contributed by atoms with E-state index in [1.54, 1.807) is 60.4 Å². The van der Waals surface area contributed by atoms with Gasteiger partial charge in [0.1, 0.15) is 6.04 Å². The van der Waals surface area contributed by atoms with Crippen molar-refractivity contribution in [1.82, 2.24) is 9.88 Å². The third-order valence-electron chi connectivity index (χ3n) is 4.40. The highest BCUT2D eigenvalue weighted by atomic mass is 32.2. The summed E-state index contributed by atoms with van der Waals surface area (Å²) in [5.74, 6) is -1.31. The van der Waals surface area contributed by atoms with Crippen LogP contribution in [0.2, 0.25) is 0 Å². The fourth-order valence-electron chi connectivity index (χ4n) is 2.99. The molecule has 0 spiro atoms. The number of amides is 3. The van der Waals surface area contributed by atoms with Crippen LogP contribution in [-0.2, 0) is 4.79 Å². The fourth-order valence-corrected chi connectivity index (χ4v) is 4.52. The molecule has 27 heavy (non-hydrogen) atoms. The first kappa shape index (κ1) is 17.7. The van der Waals surface area contributed by atoms with Crippen LogP contribution in [0.4, 0.5) is 5.69 Å². The van der Waals surface area contributed by atoms with Crippen molar-refractivity contribution in [3.63, 3.8) is 0 Å². The number of thiazole rings is 1. The number of nitrogens with zero attached hydrogens (tertiary/aromatic N) is 2. The van der Waals surface area contributed by atoms with Crippen LogP contribution in [0, 0.1) is 0 Å². The number of aromatic nitrogens is 1. The summed E-state index contributed by atoms with van der Waals surface area (Å²) in [4.78, 5) is 43.2. The van der Waals surface area contributed by atoms with Gasteiger partial charge in [0.2, 0.25) is 5.91 Å². The molecule has 1 aliphatic rings. The Morgan fingerprint density at radius 1 is 1.15 bits per heavy atom. The molecule has 3 aromatic rings.